The van der Waals surface area contributed by atoms with Crippen molar-refractivity contribution in [1.82, 2.24) is 10.5 Å². The molecule has 0 saturated heterocycles. The van der Waals surface area contributed by atoms with E-state index >= 15 is 0 Å². The van der Waals surface area contributed by atoms with E-state index in [0.717, 1.165) is 16.0 Å². The van der Waals surface area contributed by atoms with Crippen molar-refractivity contribution in [1.29, 1.82) is 0 Å². The molecule has 5 heteroatoms. The molecular weight excluding hydrogens is 284 g/mol. The van der Waals surface area contributed by atoms with Gasteiger partial charge in [-0.15, -0.1) is 11.3 Å². The third kappa shape index (κ3) is 4.52. The van der Waals surface area contributed by atoms with Gasteiger partial charge in [-0.3, -0.25) is 15.0 Å². The minimum absolute atomic E-state index is 0.590. The molecule has 106 valence electrons. The van der Waals surface area contributed by atoms with Gasteiger partial charge in [0, 0.05) is 17.2 Å². The molecule has 0 atom stereocenters. The van der Waals surface area contributed by atoms with Gasteiger partial charge in [-0.05, 0) is 34.7 Å². The van der Waals surface area contributed by atoms with Gasteiger partial charge in [-0.1, -0.05) is 30.9 Å². The molecule has 0 fully saturated rings. The number of carbonyl (C=O) groups is 1. The Labute approximate surface area is 126 Å². The number of aromatic nitrogens is 1. The van der Waals surface area contributed by atoms with Gasteiger partial charge in [0.1, 0.15) is 0 Å². The second kappa shape index (κ2) is 7.33. The highest BCUT2D eigenvalue weighted by Crippen LogP contribution is 2.20. The molecule has 0 bridgehead atoms. The van der Waals surface area contributed by atoms with Crippen LogP contribution in [0.1, 0.15) is 16.1 Å². The lowest BCUT2D eigenvalue weighted by atomic mass is 10.2. The zero-order valence-corrected chi connectivity index (χ0v) is 12.0. The van der Waals surface area contributed by atoms with Crippen LogP contribution >= 0.6 is 11.3 Å². The molecule has 2 aromatic heterocycles. The summed E-state index contributed by atoms with van der Waals surface area (Å²) in [6.07, 6.45) is 8.30. The van der Waals surface area contributed by atoms with Gasteiger partial charge in [0.15, 0.2) is 0 Å². The van der Waals surface area contributed by atoms with Gasteiger partial charge in [-0.25, -0.2) is 5.48 Å². The van der Waals surface area contributed by atoms with Crippen LogP contribution in [0.15, 0.2) is 54.6 Å². The summed E-state index contributed by atoms with van der Waals surface area (Å²) in [4.78, 5) is 16.2. The number of thiophene rings is 1. The van der Waals surface area contributed by atoms with Crippen molar-refractivity contribution >= 4 is 35.0 Å². The Morgan fingerprint density at radius 1 is 1.29 bits per heavy atom. The smallest absolute Gasteiger partial charge is 0.267 e. The van der Waals surface area contributed by atoms with Crippen LogP contribution in [0, 0.1) is 0 Å². The first-order chi connectivity index (χ1) is 10.2. The maximum atomic E-state index is 10.8. The molecule has 0 radical (unpaired) electrons. The minimum Gasteiger partial charge on any atom is -0.288 e. The lowest BCUT2D eigenvalue weighted by Gasteiger charge is -1.97. The SMILES string of the molecule is C=C(/C=C/c1ccc(/C=C/C(=O)NO)nc1)c1cccs1. The van der Waals surface area contributed by atoms with E-state index in [1.807, 2.05) is 35.7 Å². The molecule has 0 aliphatic rings. The Balaban J connectivity index is 2.01. The summed E-state index contributed by atoms with van der Waals surface area (Å²) in [5.41, 5.74) is 4.05. The maximum absolute atomic E-state index is 10.8. The van der Waals surface area contributed by atoms with Crippen LogP contribution < -0.4 is 5.48 Å². The molecule has 0 aliphatic carbocycles. The topological polar surface area (TPSA) is 62.2 Å². The van der Waals surface area contributed by atoms with E-state index in [0.29, 0.717) is 5.69 Å². The monoisotopic (exact) mass is 298 g/mol. The molecule has 21 heavy (non-hydrogen) atoms. The van der Waals surface area contributed by atoms with Crippen LogP contribution in [0.25, 0.3) is 17.7 Å². The van der Waals surface area contributed by atoms with Gasteiger partial charge in [0.25, 0.3) is 5.91 Å². The van der Waals surface area contributed by atoms with E-state index in [9.17, 15) is 4.79 Å². The Hall–Kier alpha value is -2.50. The van der Waals surface area contributed by atoms with Crippen LogP contribution in [0.4, 0.5) is 0 Å². The lowest BCUT2D eigenvalue weighted by molar-refractivity contribution is -0.124. The first-order valence-corrected chi connectivity index (χ1v) is 7.06. The fourth-order valence-electron chi connectivity index (χ4n) is 1.55. The number of rotatable bonds is 5. The summed E-state index contributed by atoms with van der Waals surface area (Å²) < 4.78 is 0. The van der Waals surface area contributed by atoms with E-state index < -0.39 is 5.91 Å². The predicted octanol–water partition coefficient (Wildman–Crippen LogP) is 3.39. The number of hydrogen-bond acceptors (Lipinski definition) is 4. The van der Waals surface area contributed by atoms with E-state index in [1.165, 1.54) is 17.6 Å². The van der Waals surface area contributed by atoms with Crippen molar-refractivity contribution in [3.63, 3.8) is 0 Å². The number of carbonyl (C=O) groups excluding carboxylic acids is 1. The zero-order valence-electron chi connectivity index (χ0n) is 11.2. The second-order valence-electron chi connectivity index (χ2n) is 4.16. The molecule has 0 unspecified atom stereocenters. The average molecular weight is 298 g/mol. The van der Waals surface area contributed by atoms with Crippen LogP contribution in [0.3, 0.4) is 0 Å². The van der Waals surface area contributed by atoms with Crippen LogP contribution in [-0.2, 0) is 4.79 Å². The Morgan fingerprint density at radius 2 is 2.14 bits per heavy atom. The molecule has 1 amide bonds. The quantitative estimate of drug-likeness (QED) is 0.385. The summed E-state index contributed by atoms with van der Waals surface area (Å²) >= 11 is 1.65. The van der Waals surface area contributed by atoms with Crippen LogP contribution in [-0.4, -0.2) is 16.1 Å². The maximum Gasteiger partial charge on any atom is 0.267 e. The molecule has 2 rings (SSSR count). The number of hydroxylamine groups is 1. The third-order valence-corrected chi connectivity index (χ3v) is 3.58. The third-order valence-electron chi connectivity index (χ3n) is 2.64. The number of amides is 1. The number of nitrogens with one attached hydrogen (secondary N) is 1. The summed E-state index contributed by atoms with van der Waals surface area (Å²) in [5.74, 6) is -0.590. The molecule has 2 heterocycles. The van der Waals surface area contributed by atoms with E-state index in [2.05, 4.69) is 11.6 Å². The number of hydrogen-bond donors (Lipinski definition) is 2. The molecule has 2 N–H and O–H groups in total. The van der Waals surface area contributed by atoms with Gasteiger partial charge in [-0.2, -0.15) is 0 Å². The normalized spacial score (nSPS) is 11.1. The van der Waals surface area contributed by atoms with Crippen molar-refractivity contribution in [2.24, 2.45) is 0 Å². The highest BCUT2D eigenvalue weighted by molar-refractivity contribution is 7.11. The summed E-state index contributed by atoms with van der Waals surface area (Å²) in [7, 11) is 0. The van der Waals surface area contributed by atoms with Crippen molar-refractivity contribution in [3.8, 4) is 0 Å². The number of allylic oxidation sites excluding steroid dienone is 2. The average Bonchev–Trinajstić information content (AvgIpc) is 3.05. The lowest BCUT2D eigenvalue weighted by Crippen LogP contribution is -2.14. The fraction of sp³-hybridized carbons (Fsp3) is 0. The highest BCUT2D eigenvalue weighted by atomic mass is 32.1. The number of nitrogens with zero attached hydrogens (tertiary/aromatic N) is 1. The van der Waals surface area contributed by atoms with Gasteiger partial charge < -0.3 is 0 Å². The molecule has 2 aromatic rings. The summed E-state index contributed by atoms with van der Waals surface area (Å²) in [6, 6.07) is 7.69. The zero-order chi connectivity index (χ0) is 15.1. The first-order valence-electron chi connectivity index (χ1n) is 6.18. The van der Waals surface area contributed by atoms with Crippen molar-refractivity contribution in [2.45, 2.75) is 0 Å². The van der Waals surface area contributed by atoms with Crippen LogP contribution in [0.5, 0.6) is 0 Å². The fourth-order valence-corrected chi connectivity index (χ4v) is 2.23. The highest BCUT2D eigenvalue weighted by Gasteiger charge is 1.96. The molecule has 0 aromatic carbocycles. The summed E-state index contributed by atoms with van der Waals surface area (Å²) in [5, 5.41) is 10.4. The van der Waals surface area contributed by atoms with E-state index in [-0.39, 0.29) is 0 Å². The van der Waals surface area contributed by atoms with E-state index in [1.54, 1.807) is 23.6 Å². The molecular formula is C16H14N2O2S. The minimum atomic E-state index is -0.590. The summed E-state index contributed by atoms with van der Waals surface area (Å²) in [6.45, 7) is 4.01. The number of pyridine rings is 1. The van der Waals surface area contributed by atoms with Crippen molar-refractivity contribution < 1.29 is 10.0 Å². The van der Waals surface area contributed by atoms with Gasteiger partial charge >= 0.3 is 0 Å². The van der Waals surface area contributed by atoms with Crippen LogP contribution in [0.2, 0.25) is 0 Å². The molecule has 0 spiro atoms. The molecule has 0 saturated carbocycles. The van der Waals surface area contributed by atoms with Gasteiger partial charge in [0.05, 0.1) is 5.69 Å². The standard InChI is InChI=1S/C16H14N2O2S/c1-12(15-3-2-10-21-15)4-5-13-6-7-14(17-11-13)8-9-16(19)18-20/h2-11,20H,1H2,(H,18,19)/b5-4+,9-8+. The van der Waals surface area contributed by atoms with Crippen molar-refractivity contribution in [2.75, 3.05) is 0 Å². The largest absolute Gasteiger partial charge is 0.288 e. The molecule has 4 nitrogen and oxygen atoms in total. The predicted molar refractivity (Wildman–Crippen MR) is 85.6 cm³/mol. The van der Waals surface area contributed by atoms with Gasteiger partial charge in [0.2, 0.25) is 0 Å². The van der Waals surface area contributed by atoms with E-state index in [4.69, 9.17) is 5.21 Å². The Bertz CT molecular complexity index is 671. The molecule has 0 aliphatic heterocycles. The van der Waals surface area contributed by atoms with Crippen molar-refractivity contribution in [3.05, 3.63) is 70.7 Å². The first kappa shape index (κ1) is 14.9. The Kier molecular flexibility index (Phi) is 5.20. The Morgan fingerprint density at radius 3 is 2.76 bits per heavy atom. The second-order valence-corrected chi connectivity index (χ2v) is 5.11.